The molecule has 8 heteroatoms. The zero-order valence-corrected chi connectivity index (χ0v) is 16.4. The number of carbonyl (C=O) groups is 1. The number of fused-ring (bicyclic) bond motifs is 1. The number of anilines is 1. The molecule has 1 N–H and O–H groups in total. The molecular formula is C19H24N4O3S. The van der Waals surface area contributed by atoms with Gasteiger partial charge in [0.25, 0.3) is 0 Å². The SMILES string of the molecule is CC(=O)N1CCCc2cc(S(=O)(=O)NC(c3nccn3C)C3CC3)ccc21. The Morgan fingerprint density at radius 3 is 2.74 bits per heavy atom. The molecule has 1 aliphatic heterocycles. The number of aromatic nitrogens is 2. The molecule has 1 unspecified atom stereocenters. The molecule has 27 heavy (non-hydrogen) atoms. The molecule has 0 saturated heterocycles. The van der Waals surface area contributed by atoms with Crippen molar-refractivity contribution in [2.45, 2.75) is 43.5 Å². The van der Waals surface area contributed by atoms with E-state index in [-0.39, 0.29) is 22.8 Å². The van der Waals surface area contributed by atoms with Crippen molar-refractivity contribution in [2.75, 3.05) is 11.4 Å². The van der Waals surface area contributed by atoms with Crippen LogP contribution in [0, 0.1) is 5.92 Å². The van der Waals surface area contributed by atoms with Gasteiger partial charge in [0.05, 0.1) is 10.9 Å². The second-order valence-electron chi connectivity index (χ2n) is 7.40. The summed E-state index contributed by atoms with van der Waals surface area (Å²) >= 11 is 0. The number of rotatable bonds is 5. The van der Waals surface area contributed by atoms with Gasteiger partial charge in [0, 0.05) is 38.6 Å². The third-order valence-corrected chi connectivity index (χ3v) is 6.81. The van der Waals surface area contributed by atoms with Gasteiger partial charge in [0.15, 0.2) is 0 Å². The Balaban J connectivity index is 1.64. The first kappa shape index (κ1) is 18.2. The molecule has 0 bridgehead atoms. The van der Waals surface area contributed by atoms with Crippen LogP contribution in [0.25, 0.3) is 0 Å². The maximum absolute atomic E-state index is 13.1. The number of aryl methyl sites for hydroxylation is 2. The van der Waals surface area contributed by atoms with Crippen LogP contribution in [0.1, 0.15) is 43.6 Å². The van der Waals surface area contributed by atoms with E-state index in [4.69, 9.17) is 0 Å². The third-order valence-electron chi connectivity index (χ3n) is 5.37. The highest BCUT2D eigenvalue weighted by Gasteiger charge is 2.37. The highest BCUT2D eigenvalue weighted by molar-refractivity contribution is 7.89. The molecule has 7 nitrogen and oxygen atoms in total. The number of benzene rings is 1. The van der Waals surface area contributed by atoms with Gasteiger partial charge in [-0.25, -0.2) is 18.1 Å². The molecule has 1 aliphatic carbocycles. The van der Waals surface area contributed by atoms with Crippen LogP contribution in [0.4, 0.5) is 5.69 Å². The first-order valence-electron chi connectivity index (χ1n) is 9.27. The summed E-state index contributed by atoms with van der Waals surface area (Å²) in [5, 5.41) is 0. The summed E-state index contributed by atoms with van der Waals surface area (Å²) in [5.74, 6) is 1.00. The van der Waals surface area contributed by atoms with Crippen molar-refractivity contribution in [3.05, 3.63) is 42.0 Å². The van der Waals surface area contributed by atoms with Crippen molar-refractivity contribution in [1.82, 2.24) is 14.3 Å². The lowest BCUT2D eigenvalue weighted by molar-refractivity contribution is -0.116. The van der Waals surface area contributed by atoms with E-state index in [1.807, 2.05) is 17.8 Å². The van der Waals surface area contributed by atoms with Gasteiger partial charge in [-0.05, 0) is 55.4 Å². The van der Waals surface area contributed by atoms with Crippen LogP contribution in [0.2, 0.25) is 0 Å². The molecule has 144 valence electrons. The highest BCUT2D eigenvalue weighted by atomic mass is 32.2. The normalized spacial score (nSPS) is 18.2. The lowest BCUT2D eigenvalue weighted by atomic mass is 10.0. The summed E-state index contributed by atoms with van der Waals surface area (Å²) in [5.41, 5.74) is 1.72. The Labute approximate surface area is 159 Å². The zero-order valence-electron chi connectivity index (χ0n) is 15.6. The van der Waals surface area contributed by atoms with Crippen LogP contribution in [-0.4, -0.2) is 30.4 Å². The van der Waals surface area contributed by atoms with Crippen LogP contribution in [0.5, 0.6) is 0 Å². The van der Waals surface area contributed by atoms with Gasteiger partial charge in [-0.1, -0.05) is 0 Å². The largest absolute Gasteiger partial charge is 0.337 e. The molecule has 1 fully saturated rings. The van der Waals surface area contributed by atoms with Crippen molar-refractivity contribution in [3.8, 4) is 0 Å². The third kappa shape index (κ3) is 3.51. The second kappa shape index (κ2) is 6.76. The maximum Gasteiger partial charge on any atom is 0.241 e. The van der Waals surface area contributed by atoms with Gasteiger partial charge in [-0.2, -0.15) is 0 Å². The lowest BCUT2D eigenvalue weighted by Crippen LogP contribution is -2.34. The van der Waals surface area contributed by atoms with Crippen molar-refractivity contribution in [1.29, 1.82) is 0 Å². The number of imidazole rings is 1. The molecule has 1 aromatic carbocycles. The minimum Gasteiger partial charge on any atom is -0.337 e. The number of hydrogen-bond donors (Lipinski definition) is 1. The molecule has 1 amide bonds. The molecule has 1 atom stereocenters. The van der Waals surface area contributed by atoms with E-state index in [1.165, 1.54) is 6.92 Å². The summed E-state index contributed by atoms with van der Waals surface area (Å²) in [7, 11) is -1.81. The van der Waals surface area contributed by atoms with Gasteiger partial charge in [-0.3, -0.25) is 4.79 Å². The average molecular weight is 388 g/mol. The standard InChI is InChI=1S/C19H24N4O3S/c1-13(24)23-10-3-4-15-12-16(7-8-17(15)23)27(25,26)21-18(14-5-6-14)19-20-9-11-22(19)2/h7-9,11-12,14,18,21H,3-6,10H2,1-2H3. The van der Waals surface area contributed by atoms with E-state index < -0.39 is 10.0 Å². The topological polar surface area (TPSA) is 84.3 Å². The molecule has 0 radical (unpaired) electrons. The first-order chi connectivity index (χ1) is 12.9. The monoisotopic (exact) mass is 388 g/mol. The Morgan fingerprint density at radius 1 is 1.33 bits per heavy atom. The van der Waals surface area contributed by atoms with Crippen molar-refractivity contribution >= 4 is 21.6 Å². The molecule has 1 saturated carbocycles. The summed E-state index contributed by atoms with van der Waals surface area (Å²) in [6.45, 7) is 2.21. The number of nitrogens with zero attached hydrogens (tertiary/aromatic N) is 3. The van der Waals surface area contributed by atoms with E-state index in [2.05, 4.69) is 9.71 Å². The van der Waals surface area contributed by atoms with E-state index in [0.29, 0.717) is 6.54 Å². The molecular weight excluding hydrogens is 364 g/mol. The smallest absolute Gasteiger partial charge is 0.241 e. The van der Waals surface area contributed by atoms with Crippen LogP contribution in [0.3, 0.4) is 0 Å². The minimum absolute atomic E-state index is 0.0201. The Hall–Kier alpha value is -2.19. The van der Waals surface area contributed by atoms with Crippen LogP contribution < -0.4 is 9.62 Å². The number of amides is 1. The Morgan fingerprint density at radius 2 is 2.11 bits per heavy atom. The minimum atomic E-state index is -3.69. The fourth-order valence-electron chi connectivity index (χ4n) is 3.77. The van der Waals surface area contributed by atoms with Crippen LogP contribution in [-0.2, 0) is 28.3 Å². The van der Waals surface area contributed by atoms with E-state index in [9.17, 15) is 13.2 Å². The summed E-state index contributed by atoms with van der Waals surface area (Å²) in [6.07, 6.45) is 7.12. The second-order valence-corrected chi connectivity index (χ2v) is 9.11. The Kier molecular flexibility index (Phi) is 4.55. The molecule has 2 heterocycles. The number of nitrogens with one attached hydrogen (secondary N) is 1. The van der Waals surface area contributed by atoms with Gasteiger partial charge in [-0.15, -0.1) is 0 Å². The average Bonchev–Trinajstić information content (AvgIpc) is 3.40. The number of sulfonamides is 1. The van der Waals surface area contributed by atoms with E-state index >= 15 is 0 Å². The highest BCUT2D eigenvalue weighted by Crippen LogP contribution is 2.41. The summed E-state index contributed by atoms with van der Waals surface area (Å²) < 4.78 is 30.8. The molecule has 2 aliphatic rings. The first-order valence-corrected chi connectivity index (χ1v) is 10.8. The van der Waals surface area contributed by atoms with E-state index in [1.54, 1.807) is 29.3 Å². The van der Waals surface area contributed by atoms with Gasteiger partial charge in [0.2, 0.25) is 15.9 Å². The van der Waals surface area contributed by atoms with Crippen LogP contribution >= 0.6 is 0 Å². The Bertz CT molecular complexity index is 979. The predicted molar refractivity (Wildman–Crippen MR) is 102 cm³/mol. The van der Waals surface area contributed by atoms with Crippen LogP contribution in [0.15, 0.2) is 35.5 Å². The quantitative estimate of drug-likeness (QED) is 0.851. The van der Waals surface area contributed by atoms with E-state index in [0.717, 1.165) is 42.8 Å². The predicted octanol–water partition coefficient (Wildman–Crippen LogP) is 2.15. The molecule has 4 rings (SSSR count). The van der Waals surface area contributed by atoms with Crippen molar-refractivity contribution in [3.63, 3.8) is 0 Å². The molecule has 0 spiro atoms. The molecule has 2 aromatic rings. The maximum atomic E-state index is 13.1. The van der Waals surface area contributed by atoms with Gasteiger partial charge < -0.3 is 9.47 Å². The van der Waals surface area contributed by atoms with Gasteiger partial charge >= 0.3 is 0 Å². The fourth-order valence-corrected chi connectivity index (χ4v) is 5.08. The lowest BCUT2D eigenvalue weighted by Gasteiger charge is -2.29. The summed E-state index contributed by atoms with van der Waals surface area (Å²) in [6, 6.07) is 4.72. The number of hydrogen-bond acceptors (Lipinski definition) is 4. The number of carbonyl (C=O) groups excluding carboxylic acids is 1. The van der Waals surface area contributed by atoms with Gasteiger partial charge in [0.1, 0.15) is 5.82 Å². The molecule has 1 aromatic heterocycles. The van der Waals surface area contributed by atoms with Crippen molar-refractivity contribution < 1.29 is 13.2 Å². The fraction of sp³-hybridized carbons (Fsp3) is 0.474. The van der Waals surface area contributed by atoms with Crippen molar-refractivity contribution in [2.24, 2.45) is 13.0 Å². The summed E-state index contributed by atoms with van der Waals surface area (Å²) in [4.78, 5) is 18.1. The zero-order chi connectivity index (χ0) is 19.2.